The van der Waals surface area contributed by atoms with Gasteiger partial charge in [0.15, 0.2) is 5.78 Å². The Morgan fingerprint density at radius 3 is 2.75 bits per heavy atom. The minimum Gasteiger partial charge on any atom is -0.489 e. The summed E-state index contributed by atoms with van der Waals surface area (Å²) in [5, 5.41) is 0. The quantitative estimate of drug-likeness (QED) is 0.740. The van der Waals surface area contributed by atoms with Crippen molar-refractivity contribution in [2.75, 3.05) is 37.8 Å². The summed E-state index contributed by atoms with van der Waals surface area (Å²) in [6.45, 7) is 6.08. The van der Waals surface area contributed by atoms with E-state index >= 15 is 0 Å². The van der Waals surface area contributed by atoms with Gasteiger partial charge in [-0.2, -0.15) is 0 Å². The molecule has 170 valence electrons. The van der Waals surface area contributed by atoms with Crippen molar-refractivity contribution in [3.63, 3.8) is 0 Å². The molecule has 1 amide bonds. The fourth-order valence-corrected chi connectivity index (χ4v) is 4.17. The normalized spacial score (nSPS) is 20.5. The lowest BCUT2D eigenvalue weighted by Gasteiger charge is -2.37. The van der Waals surface area contributed by atoms with Crippen molar-refractivity contribution in [3.05, 3.63) is 52.8 Å². The first-order valence-electron chi connectivity index (χ1n) is 10.6. The van der Waals surface area contributed by atoms with Crippen LogP contribution in [0, 0.1) is 12.7 Å². The second-order valence-electron chi connectivity index (χ2n) is 8.52. The van der Waals surface area contributed by atoms with Gasteiger partial charge in [0, 0.05) is 30.4 Å². The molecule has 0 bridgehead atoms. The van der Waals surface area contributed by atoms with Gasteiger partial charge in [-0.25, -0.2) is 4.39 Å². The molecule has 2 aliphatic rings. The van der Waals surface area contributed by atoms with Gasteiger partial charge in [-0.1, -0.05) is 6.07 Å². The summed E-state index contributed by atoms with van der Waals surface area (Å²) < 4.78 is 31.4. The van der Waals surface area contributed by atoms with Crippen LogP contribution in [0.25, 0.3) is 0 Å². The van der Waals surface area contributed by atoms with E-state index in [2.05, 4.69) is 4.90 Å². The standard InChI is InChI=1S/C24H27FN2O5/c1-15-18(25)4-3-5-20(15)31-14-24(2)13-19(28)23-16(11-22(26)29)10-17(12-21(23)32-24)27-6-8-30-9-7-27/h3-5,10,12H,6-9,11,13-14H2,1-2H3,(H2,26,29). The number of amides is 1. The topological polar surface area (TPSA) is 91.1 Å². The maximum atomic E-state index is 13.9. The van der Waals surface area contributed by atoms with Crippen LogP contribution in [0.5, 0.6) is 11.5 Å². The number of hydrogen-bond acceptors (Lipinski definition) is 6. The number of rotatable bonds is 6. The number of hydrogen-bond donors (Lipinski definition) is 1. The number of nitrogens with two attached hydrogens (primary N) is 1. The Morgan fingerprint density at radius 2 is 2.03 bits per heavy atom. The predicted octanol–water partition coefficient (Wildman–Crippen LogP) is 2.80. The summed E-state index contributed by atoms with van der Waals surface area (Å²) in [4.78, 5) is 26.9. The van der Waals surface area contributed by atoms with Crippen molar-refractivity contribution < 1.29 is 28.2 Å². The maximum absolute atomic E-state index is 13.9. The Kier molecular flexibility index (Phi) is 6.06. The summed E-state index contributed by atoms with van der Waals surface area (Å²) >= 11 is 0. The van der Waals surface area contributed by atoms with E-state index in [1.54, 1.807) is 26.0 Å². The van der Waals surface area contributed by atoms with Crippen LogP contribution < -0.4 is 20.1 Å². The number of carbonyl (C=O) groups is 2. The highest BCUT2D eigenvalue weighted by Gasteiger charge is 2.39. The molecule has 0 aliphatic carbocycles. The lowest BCUT2D eigenvalue weighted by atomic mass is 9.88. The molecule has 4 rings (SSSR count). The molecule has 1 unspecified atom stereocenters. The van der Waals surface area contributed by atoms with E-state index in [-0.39, 0.29) is 31.0 Å². The first kappa shape index (κ1) is 22.1. The van der Waals surface area contributed by atoms with Crippen molar-refractivity contribution >= 4 is 17.4 Å². The van der Waals surface area contributed by atoms with Crippen molar-refractivity contribution in [1.29, 1.82) is 0 Å². The SMILES string of the molecule is Cc1c(F)cccc1OCC1(C)CC(=O)c2c(CC(N)=O)cc(N3CCOCC3)cc2O1. The molecule has 0 aromatic heterocycles. The summed E-state index contributed by atoms with van der Waals surface area (Å²) in [7, 11) is 0. The first-order chi connectivity index (χ1) is 15.3. The molecule has 2 aliphatic heterocycles. The Balaban J connectivity index is 1.64. The third-order valence-electron chi connectivity index (χ3n) is 5.83. The van der Waals surface area contributed by atoms with Crippen molar-refractivity contribution in [1.82, 2.24) is 0 Å². The molecule has 2 aromatic carbocycles. The molecule has 7 nitrogen and oxygen atoms in total. The minimum absolute atomic E-state index is 0.0503. The van der Waals surface area contributed by atoms with E-state index in [0.29, 0.717) is 54.5 Å². The van der Waals surface area contributed by atoms with E-state index < -0.39 is 11.5 Å². The highest BCUT2D eigenvalue weighted by molar-refractivity contribution is 6.03. The summed E-state index contributed by atoms with van der Waals surface area (Å²) in [5.41, 5.74) is 6.70. The zero-order valence-electron chi connectivity index (χ0n) is 18.3. The van der Waals surface area contributed by atoms with Crippen LogP contribution in [0.2, 0.25) is 0 Å². The van der Waals surface area contributed by atoms with E-state index in [4.69, 9.17) is 19.9 Å². The smallest absolute Gasteiger partial charge is 0.221 e. The molecule has 2 heterocycles. The maximum Gasteiger partial charge on any atom is 0.221 e. The van der Waals surface area contributed by atoms with Crippen LogP contribution in [-0.4, -0.2) is 50.2 Å². The number of carbonyl (C=O) groups excluding carboxylic acids is 2. The average molecular weight is 442 g/mol. The number of morpholine rings is 1. The van der Waals surface area contributed by atoms with Gasteiger partial charge in [0.25, 0.3) is 0 Å². The van der Waals surface area contributed by atoms with Gasteiger partial charge in [-0.05, 0) is 37.6 Å². The van der Waals surface area contributed by atoms with Crippen LogP contribution in [0.3, 0.4) is 0 Å². The number of fused-ring (bicyclic) bond motifs is 1. The number of ether oxygens (including phenoxy) is 3. The third kappa shape index (κ3) is 4.55. The molecule has 0 radical (unpaired) electrons. The fraction of sp³-hybridized carbons (Fsp3) is 0.417. The number of nitrogens with zero attached hydrogens (tertiary/aromatic N) is 1. The molecule has 0 spiro atoms. The Morgan fingerprint density at radius 1 is 1.28 bits per heavy atom. The summed E-state index contributed by atoms with van der Waals surface area (Å²) in [5.74, 6) is -0.200. The summed E-state index contributed by atoms with van der Waals surface area (Å²) in [6, 6.07) is 8.29. The third-order valence-corrected chi connectivity index (χ3v) is 5.83. The number of primary amides is 1. The second kappa shape index (κ2) is 8.78. The number of ketones is 1. The monoisotopic (exact) mass is 442 g/mol. The molecule has 2 aromatic rings. The number of anilines is 1. The largest absolute Gasteiger partial charge is 0.489 e. The Labute approximate surface area is 186 Å². The number of benzene rings is 2. The predicted molar refractivity (Wildman–Crippen MR) is 117 cm³/mol. The molecular weight excluding hydrogens is 415 g/mol. The van der Waals surface area contributed by atoms with Gasteiger partial charge in [-0.3, -0.25) is 9.59 Å². The Hall–Kier alpha value is -3.13. The Bertz CT molecular complexity index is 1050. The second-order valence-corrected chi connectivity index (χ2v) is 8.52. The number of halogens is 1. The molecule has 32 heavy (non-hydrogen) atoms. The van der Waals surface area contributed by atoms with Gasteiger partial charge in [0.1, 0.15) is 29.5 Å². The van der Waals surface area contributed by atoms with Crippen LogP contribution in [-0.2, 0) is 16.0 Å². The molecule has 1 atom stereocenters. The summed E-state index contributed by atoms with van der Waals surface area (Å²) in [6.07, 6.45) is 0.0162. The van der Waals surface area contributed by atoms with Crippen LogP contribution in [0.15, 0.2) is 30.3 Å². The number of Topliss-reactive ketones (excluding diaryl/α,β-unsaturated/α-hetero) is 1. The fourth-order valence-electron chi connectivity index (χ4n) is 4.17. The van der Waals surface area contributed by atoms with E-state index in [0.717, 1.165) is 5.69 Å². The van der Waals surface area contributed by atoms with Crippen LogP contribution in [0.1, 0.15) is 34.8 Å². The molecule has 8 heteroatoms. The van der Waals surface area contributed by atoms with Crippen LogP contribution >= 0.6 is 0 Å². The van der Waals surface area contributed by atoms with Crippen LogP contribution in [0.4, 0.5) is 10.1 Å². The highest BCUT2D eigenvalue weighted by atomic mass is 19.1. The van der Waals surface area contributed by atoms with Crippen molar-refractivity contribution in [3.8, 4) is 11.5 Å². The van der Waals surface area contributed by atoms with Gasteiger partial charge in [-0.15, -0.1) is 0 Å². The molecule has 1 fully saturated rings. The molecule has 1 saturated heterocycles. The molecular formula is C24H27FN2O5. The van der Waals surface area contributed by atoms with Crippen molar-refractivity contribution in [2.24, 2.45) is 5.73 Å². The van der Waals surface area contributed by atoms with Gasteiger partial charge >= 0.3 is 0 Å². The zero-order chi connectivity index (χ0) is 22.9. The van der Waals surface area contributed by atoms with Gasteiger partial charge < -0.3 is 24.8 Å². The minimum atomic E-state index is -0.948. The van der Waals surface area contributed by atoms with E-state index in [1.807, 2.05) is 12.1 Å². The van der Waals surface area contributed by atoms with Gasteiger partial charge in [0.05, 0.1) is 31.6 Å². The van der Waals surface area contributed by atoms with E-state index in [9.17, 15) is 14.0 Å². The first-order valence-corrected chi connectivity index (χ1v) is 10.6. The van der Waals surface area contributed by atoms with E-state index in [1.165, 1.54) is 6.07 Å². The highest BCUT2D eigenvalue weighted by Crippen LogP contribution is 2.39. The van der Waals surface area contributed by atoms with Gasteiger partial charge in [0.2, 0.25) is 5.91 Å². The molecule has 2 N–H and O–H groups in total. The van der Waals surface area contributed by atoms with Crippen molar-refractivity contribution in [2.45, 2.75) is 32.3 Å². The lowest BCUT2D eigenvalue weighted by Crippen LogP contribution is -2.45. The average Bonchev–Trinajstić information content (AvgIpc) is 2.74. The molecule has 0 saturated carbocycles. The lowest BCUT2D eigenvalue weighted by molar-refractivity contribution is -0.117. The zero-order valence-corrected chi connectivity index (χ0v) is 18.3.